The van der Waals surface area contributed by atoms with E-state index in [0.717, 1.165) is 36.0 Å². The summed E-state index contributed by atoms with van der Waals surface area (Å²) in [6.45, 7) is 7.56. The minimum atomic E-state index is -0.591. The number of hydrogen-bond donors (Lipinski definition) is 2. The molecule has 0 fully saturated rings. The molecule has 0 aliphatic rings. The normalized spacial score (nSPS) is 11.5. The summed E-state index contributed by atoms with van der Waals surface area (Å²) >= 11 is 0. The van der Waals surface area contributed by atoms with Gasteiger partial charge < -0.3 is 14.5 Å². The second-order valence-electron chi connectivity index (χ2n) is 8.25. The number of rotatable bonds is 11. The molecular weight excluding hydrogens is 442 g/mol. The van der Waals surface area contributed by atoms with Crippen LogP contribution in [0.5, 0.6) is 5.75 Å². The minimum absolute atomic E-state index is 0.0985. The second kappa shape index (κ2) is 12.7. The largest absolute Gasteiger partial charge is 0.488 e. The van der Waals surface area contributed by atoms with Gasteiger partial charge in [-0.3, -0.25) is 14.8 Å². The van der Waals surface area contributed by atoms with Crippen molar-refractivity contribution < 1.29 is 19.5 Å². The zero-order valence-corrected chi connectivity index (χ0v) is 20.5. The third kappa shape index (κ3) is 6.91. The third-order valence-electron chi connectivity index (χ3n) is 6.02. The molecule has 0 aliphatic carbocycles. The quantitative estimate of drug-likeness (QED) is 0.247. The maximum Gasteiger partial charge on any atom is 0.274 e. The average molecular weight is 476 g/mol. The Morgan fingerprint density at radius 1 is 0.943 bits per heavy atom. The molecule has 0 aliphatic heterocycles. The highest BCUT2D eigenvalue weighted by atomic mass is 16.5. The van der Waals surface area contributed by atoms with Crippen LogP contribution in [0.2, 0.25) is 0 Å². The van der Waals surface area contributed by atoms with Crippen LogP contribution in [0.25, 0.3) is 16.8 Å². The maximum absolute atomic E-state index is 13.4. The van der Waals surface area contributed by atoms with Crippen LogP contribution in [0.4, 0.5) is 0 Å². The van der Waals surface area contributed by atoms with Crippen molar-refractivity contribution in [1.29, 1.82) is 0 Å². The molecule has 35 heavy (non-hydrogen) atoms. The lowest BCUT2D eigenvalue weighted by molar-refractivity contribution is -0.126. The standard InChI is InChI=1S/C28H33N3O4/c1-4-31(5-2)18-17-30(3)28(33)24(19-21-13-15-23(16-14-21)27(32)29-34)20-35-26-12-8-10-22-9-6-7-11-25(22)26/h6-16,19,34H,4-5,17-18,20H2,1-3H3,(H,29,32)/b24-19+. The Bertz CT molecular complexity index is 1170. The number of likely N-dealkylation sites (N-methyl/N-ethyl adjacent to an activating group) is 2. The molecule has 0 saturated carbocycles. The number of hydrogen-bond acceptors (Lipinski definition) is 5. The number of benzene rings is 3. The monoisotopic (exact) mass is 475 g/mol. The van der Waals surface area contributed by atoms with Gasteiger partial charge in [0.25, 0.3) is 11.8 Å². The number of nitrogens with zero attached hydrogens (tertiary/aromatic N) is 2. The van der Waals surface area contributed by atoms with E-state index in [1.807, 2.05) is 42.5 Å². The Morgan fingerprint density at radius 2 is 1.63 bits per heavy atom. The summed E-state index contributed by atoms with van der Waals surface area (Å²) < 4.78 is 6.15. The molecule has 0 spiro atoms. The van der Waals surface area contributed by atoms with E-state index in [2.05, 4.69) is 18.7 Å². The maximum atomic E-state index is 13.4. The van der Waals surface area contributed by atoms with E-state index < -0.39 is 5.91 Å². The molecule has 0 bridgehead atoms. The Morgan fingerprint density at radius 3 is 2.31 bits per heavy atom. The van der Waals surface area contributed by atoms with Gasteiger partial charge in [0.15, 0.2) is 0 Å². The molecule has 184 valence electrons. The van der Waals surface area contributed by atoms with Gasteiger partial charge in [-0.2, -0.15) is 0 Å². The molecule has 7 nitrogen and oxygen atoms in total. The molecule has 0 atom stereocenters. The second-order valence-corrected chi connectivity index (χ2v) is 8.25. The number of hydroxylamine groups is 1. The van der Waals surface area contributed by atoms with Crippen molar-refractivity contribution in [3.05, 3.63) is 83.4 Å². The fourth-order valence-electron chi connectivity index (χ4n) is 3.82. The molecule has 7 heteroatoms. The summed E-state index contributed by atoms with van der Waals surface area (Å²) in [7, 11) is 1.80. The van der Waals surface area contributed by atoms with E-state index in [0.29, 0.717) is 23.4 Å². The molecule has 0 heterocycles. The van der Waals surface area contributed by atoms with E-state index in [1.165, 1.54) is 0 Å². The first-order valence-electron chi connectivity index (χ1n) is 11.8. The topological polar surface area (TPSA) is 82.1 Å². The van der Waals surface area contributed by atoms with Crippen molar-refractivity contribution in [3.63, 3.8) is 0 Å². The highest BCUT2D eigenvalue weighted by molar-refractivity contribution is 5.98. The van der Waals surface area contributed by atoms with E-state index in [4.69, 9.17) is 9.94 Å². The molecule has 2 amide bonds. The Kier molecular flexibility index (Phi) is 9.40. The van der Waals surface area contributed by atoms with E-state index in [1.54, 1.807) is 47.8 Å². The van der Waals surface area contributed by atoms with Gasteiger partial charge in [-0.05, 0) is 48.3 Å². The van der Waals surface area contributed by atoms with Crippen LogP contribution in [-0.2, 0) is 4.79 Å². The lowest BCUT2D eigenvalue weighted by Gasteiger charge is -2.24. The number of carbonyl (C=O) groups is 2. The van der Waals surface area contributed by atoms with Gasteiger partial charge in [-0.1, -0.05) is 62.4 Å². The average Bonchev–Trinajstić information content (AvgIpc) is 2.90. The molecule has 3 rings (SSSR count). The van der Waals surface area contributed by atoms with Crippen molar-refractivity contribution in [1.82, 2.24) is 15.3 Å². The minimum Gasteiger partial charge on any atom is -0.488 e. The van der Waals surface area contributed by atoms with Crippen LogP contribution in [0.1, 0.15) is 29.8 Å². The molecule has 0 radical (unpaired) electrons. The lowest BCUT2D eigenvalue weighted by atomic mass is 10.1. The van der Waals surface area contributed by atoms with Crippen molar-refractivity contribution in [2.24, 2.45) is 0 Å². The van der Waals surface area contributed by atoms with Crippen molar-refractivity contribution >= 4 is 28.7 Å². The Balaban J connectivity index is 1.85. The van der Waals surface area contributed by atoms with Crippen LogP contribution in [0.15, 0.2) is 72.3 Å². The fourth-order valence-corrected chi connectivity index (χ4v) is 3.82. The molecule has 0 unspecified atom stereocenters. The van der Waals surface area contributed by atoms with Crippen LogP contribution < -0.4 is 10.2 Å². The number of ether oxygens (including phenoxy) is 1. The predicted octanol–water partition coefficient (Wildman–Crippen LogP) is 4.22. The van der Waals surface area contributed by atoms with E-state index >= 15 is 0 Å². The Hall–Kier alpha value is -3.68. The molecule has 0 aromatic heterocycles. The smallest absolute Gasteiger partial charge is 0.274 e. The summed E-state index contributed by atoms with van der Waals surface area (Å²) in [6, 6.07) is 20.5. The highest BCUT2D eigenvalue weighted by Gasteiger charge is 2.17. The molecule has 2 N–H and O–H groups in total. The molecule has 3 aromatic rings. The van der Waals surface area contributed by atoms with Crippen LogP contribution >= 0.6 is 0 Å². The van der Waals surface area contributed by atoms with Gasteiger partial charge in [0.05, 0.1) is 5.57 Å². The highest BCUT2D eigenvalue weighted by Crippen LogP contribution is 2.26. The summed E-state index contributed by atoms with van der Waals surface area (Å²) in [4.78, 5) is 29.0. The number of fused-ring (bicyclic) bond motifs is 1. The first-order chi connectivity index (χ1) is 17.0. The zero-order chi connectivity index (χ0) is 25.2. The van der Waals surface area contributed by atoms with Gasteiger partial charge >= 0.3 is 0 Å². The number of amides is 2. The van der Waals surface area contributed by atoms with Gasteiger partial charge in [-0.15, -0.1) is 0 Å². The summed E-state index contributed by atoms with van der Waals surface area (Å²) in [6.07, 6.45) is 1.78. The summed E-state index contributed by atoms with van der Waals surface area (Å²) in [5.74, 6) is 0.00406. The van der Waals surface area contributed by atoms with Crippen LogP contribution in [0, 0.1) is 0 Å². The summed E-state index contributed by atoms with van der Waals surface area (Å²) in [5.41, 5.74) is 3.19. The molecule has 3 aromatic carbocycles. The SMILES string of the molecule is CCN(CC)CCN(C)C(=O)/C(=C/c1ccc(C(=O)NO)cc1)COc1cccc2ccccc12. The van der Waals surface area contributed by atoms with Gasteiger partial charge in [-0.25, -0.2) is 5.48 Å². The van der Waals surface area contributed by atoms with Crippen LogP contribution in [-0.4, -0.2) is 66.7 Å². The van der Waals surface area contributed by atoms with Crippen molar-refractivity contribution in [2.75, 3.05) is 39.8 Å². The molecular formula is C28H33N3O4. The first-order valence-corrected chi connectivity index (χ1v) is 11.8. The zero-order valence-electron chi connectivity index (χ0n) is 20.5. The van der Waals surface area contributed by atoms with Crippen LogP contribution in [0.3, 0.4) is 0 Å². The lowest BCUT2D eigenvalue weighted by Crippen LogP contribution is -2.37. The van der Waals surface area contributed by atoms with Crippen molar-refractivity contribution in [2.45, 2.75) is 13.8 Å². The van der Waals surface area contributed by atoms with E-state index in [-0.39, 0.29) is 12.5 Å². The van der Waals surface area contributed by atoms with Crippen molar-refractivity contribution in [3.8, 4) is 5.75 Å². The summed E-state index contributed by atoms with van der Waals surface area (Å²) in [5, 5.41) is 10.9. The van der Waals surface area contributed by atoms with E-state index in [9.17, 15) is 9.59 Å². The first kappa shape index (κ1) is 25.9. The predicted molar refractivity (Wildman–Crippen MR) is 139 cm³/mol. The third-order valence-corrected chi connectivity index (χ3v) is 6.02. The van der Waals surface area contributed by atoms with Gasteiger partial charge in [0.1, 0.15) is 12.4 Å². The Labute approximate surface area is 206 Å². The van der Waals surface area contributed by atoms with Gasteiger partial charge in [0.2, 0.25) is 0 Å². The number of nitrogens with one attached hydrogen (secondary N) is 1. The molecule has 0 saturated heterocycles. The van der Waals surface area contributed by atoms with Gasteiger partial charge in [0, 0.05) is 31.1 Å². The number of carbonyl (C=O) groups excluding carboxylic acids is 2. The fraction of sp³-hybridized carbons (Fsp3) is 0.286.